The summed E-state index contributed by atoms with van der Waals surface area (Å²) in [5.41, 5.74) is 4.69. The van der Waals surface area contributed by atoms with Crippen molar-refractivity contribution in [3.05, 3.63) is 29.8 Å². The molecule has 14 heavy (non-hydrogen) atoms. The SMILES string of the molecule is NCCC(=O)Nc1c(F)cccc1F. The van der Waals surface area contributed by atoms with Crippen LogP contribution in [0.1, 0.15) is 6.42 Å². The molecule has 1 rings (SSSR count). The van der Waals surface area contributed by atoms with Gasteiger partial charge in [0, 0.05) is 13.0 Å². The van der Waals surface area contributed by atoms with Crippen LogP contribution >= 0.6 is 0 Å². The fourth-order valence-corrected chi connectivity index (χ4v) is 0.950. The monoisotopic (exact) mass is 200 g/mol. The minimum Gasteiger partial charge on any atom is -0.330 e. The lowest BCUT2D eigenvalue weighted by molar-refractivity contribution is -0.116. The number of carbonyl (C=O) groups excluding carboxylic acids is 1. The molecule has 0 spiro atoms. The van der Waals surface area contributed by atoms with Crippen molar-refractivity contribution >= 4 is 11.6 Å². The summed E-state index contributed by atoms with van der Waals surface area (Å²) in [5.74, 6) is -2.10. The second kappa shape index (κ2) is 4.66. The van der Waals surface area contributed by atoms with Gasteiger partial charge in [0.1, 0.15) is 17.3 Å². The predicted molar refractivity (Wildman–Crippen MR) is 48.7 cm³/mol. The Hall–Kier alpha value is -1.49. The van der Waals surface area contributed by atoms with Gasteiger partial charge in [-0.3, -0.25) is 4.79 Å². The van der Waals surface area contributed by atoms with E-state index in [0.717, 1.165) is 12.1 Å². The maximum absolute atomic E-state index is 13.0. The normalized spacial score (nSPS) is 9.93. The van der Waals surface area contributed by atoms with Crippen LogP contribution in [0.2, 0.25) is 0 Å². The lowest BCUT2D eigenvalue weighted by atomic mass is 10.2. The van der Waals surface area contributed by atoms with Gasteiger partial charge in [0.15, 0.2) is 0 Å². The highest BCUT2D eigenvalue weighted by Gasteiger charge is 2.10. The second-order valence-electron chi connectivity index (χ2n) is 2.68. The fourth-order valence-electron chi connectivity index (χ4n) is 0.950. The van der Waals surface area contributed by atoms with Gasteiger partial charge in [-0.25, -0.2) is 8.78 Å². The van der Waals surface area contributed by atoms with Gasteiger partial charge in [-0.2, -0.15) is 0 Å². The Kier molecular flexibility index (Phi) is 3.53. The Balaban J connectivity index is 2.80. The molecular weight excluding hydrogens is 190 g/mol. The van der Waals surface area contributed by atoms with Gasteiger partial charge in [0.05, 0.1) is 0 Å². The number of amides is 1. The van der Waals surface area contributed by atoms with E-state index in [1.807, 2.05) is 0 Å². The van der Waals surface area contributed by atoms with Crippen molar-refractivity contribution in [1.82, 2.24) is 0 Å². The van der Waals surface area contributed by atoms with E-state index < -0.39 is 23.2 Å². The van der Waals surface area contributed by atoms with Gasteiger partial charge in [-0.05, 0) is 12.1 Å². The summed E-state index contributed by atoms with van der Waals surface area (Å²) >= 11 is 0. The lowest BCUT2D eigenvalue weighted by Crippen LogP contribution is -2.17. The number of anilines is 1. The van der Waals surface area contributed by atoms with Crippen molar-refractivity contribution in [2.24, 2.45) is 5.73 Å². The Bertz CT molecular complexity index is 321. The molecule has 0 fully saturated rings. The average molecular weight is 200 g/mol. The molecular formula is C9H10F2N2O. The van der Waals surface area contributed by atoms with Gasteiger partial charge in [0.2, 0.25) is 5.91 Å². The topological polar surface area (TPSA) is 55.1 Å². The molecule has 5 heteroatoms. The Morgan fingerprint density at radius 2 is 1.93 bits per heavy atom. The van der Waals surface area contributed by atoms with Crippen molar-refractivity contribution < 1.29 is 13.6 Å². The number of nitrogens with one attached hydrogen (secondary N) is 1. The third-order valence-electron chi connectivity index (χ3n) is 1.60. The molecule has 3 nitrogen and oxygen atoms in total. The number of benzene rings is 1. The molecule has 0 aliphatic heterocycles. The Labute approximate surface area is 79.9 Å². The van der Waals surface area contributed by atoms with Crippen molar-refractivity contribution in [2.75, 3.05) is 11.9 Å². The standard InChI is InChI=1S/C9H10F2N2O/c10-6-2-1-3-7(11)9(6)13-8(14)4-5-12/h1-3H,4-5,12H2,(H,13,14). The van der Waals surface area contributed by atoms with E-state index in [2.05, 4.69) is 5.32 Å². The minimum absolute atomic E-state index is 0.0355. The molecule has 1 aromatic carbocycles. The van der Waals surface area contributed by atoms with Crippen LogP contribution in [0.4, 0.5) is 14.5 Å². The van der Waals surface area contributed by atoms with Crippen molar-refractivity contribution in [3.8, 4) is 0 Å². The molecule has 0 bridgehead atoms. The number of hydrogen-bond acceptors (Lipinski definition) is 2. The van der Waals surface area contributed by atoms with Crippen LogP contribution in [0.15, 0.2) is 18.2 Å². The maximum atomic E-state index is 13.0. The first kappa shape index (κ1) is 10.6. The maximum Gasteiger partial charge on any atom is 0.225 e. The molecule has 0 saturated heterocycles. The highest BCUT2D eigenvalue weighted by Crippen LogP contribution is 2.17. The smallest absolute Gasteiger partial charge is 0.225 e. The third kappa shape index (κ3) is 2.50. The number of nitrogens with two attached hydrogens (primary N) is 1. The highest BCUT2D eigenvalue weighted by molar-refractivity contribution is 5.91. The number of halogens is 2. The summed E-state index contributed by atoms with van der Waals surface area (Å²) in [6.45, 7) is 0.141. The fraction of sp³-hybridized carbons (Fsp3) is 0.222. The third-order valence-corrected chi connectivity index (χ3v) is 1.60. The minimum atomic E-state index is -0.796. The first-order chi connectivity index (χ1) is 6.65. The van der Waals surface area contributed by atoms with Gasteiger partial charge in [0.25, 0.3) is 0 Å². The van der Waals surface area contributed by atoms with Gasteiger partial charge >= 0.3 is 0 Å². The van der Waals surface area contributed by atoms with Gasteiger partial charge in [-0.1, -0.05) is 6.07 Å². The van der Waals surface area contributed by atoms with Crippen molar-refractivity contribution in [2.45, 2.75) is 6.42 Å². The highest BCUT2D eigenvalue weighted by atomic mass is 19.1. The van der Waals surface area contributed by atoms with Crippen molar-refractivity contribution in [3.63, 3.8) is 0 Å². The van der Waals surface area contributed by atoms with E-state index in [9.17, 15) is 13.6 Å². The first-order valence-corrected chi connectivity index (χ1v) is 4.09. The van der Waals surface area contributed by atoms with Crippen molar-refractivity contribution in [1.29, 1.82) is 0 Å². The van der Waals surface area contributed by atoms with Gasteiger partial charge in [-0.15, -0.1) is 0 Å². The molecule has 1 amide bonds. The number of para-hydroxylation sites is 1. The molecule has 76 valence electrons. The summed E-state index contributed by atoms with van der Waals surface area (Å²) in [7, 11) is 0. The zero-order valence-corrected chi connectivity index (χ0v) is 7.39. The molecule has 3 N–H and O–H groups in total. The zero-order valence-electron chi connectivity index (χ0n) is 7.39. The molecule has 0 atom stereocenters. The quantitative estimate of drug-likeness (QED) is 0.771. The van der Waals surface area contributed by atoms with Gasteiger partial charge < -0.3 is 11.1 Å². The Morgan fingerprint density at radius 1 is 1.36 bits per heavy atom. The molecule has 0 radical (unpaired) electrons. The predicted octanol–water partition coefficient (Wildman–Crippen LogP) is 1.25. The molecule has 0 aliphatic carbocycles. The number of hydrogen-bond donors (Lipinski definition) is 2. The van der Waals surface area contributed by atoms with E-state index >= 15 is 0 Å². The molecule has 0 heterocycles. The molecule has 0 aliphatic rings. The van der Waals surface area contributed by atoms with E-state index in [-0.39, 0.29) is 13.0 Å². The largest absolute Gasteiger partial charge is 0.330 e. The second-order valence-corrected chi connectivity index (χ2v) is 2.68. The first-order valence-electron chi connectivity index (χ1n) is 4.09. The number of carbonyl (C=O) groups is 1. The van der Waals surface area contributed by atoms with Crippen LogP contribution in [0.25, 0.3) is 0 Å². The summed E-state index contributed by atoms with van der Waals surface area (Å²) in [4.78, 5) is 11.0. The molecule has 0 unspecified atom stereocenters. The van der Waals surface area contributed by atoms with E-state index in [1.165, 1.54) is 6.07 Å². The average Bonchev–Trinajstić information content (AvgIpc) is 2.12. The van der Waals surface area contributed by atoms with Crippen LogP contribution < -0.4 is 11.1 Å². The Morgan fingerprint density at radius 3 is 2.43 bits per heavy atom. The summed E-state index contributed by atoms with van der Waals surface area (Å²) < 4.78 is 25.9. The molecule has 0 aromatic heterocycles. The number of rotatable bonds is 3. The summed E-state index contributed by atoms with van der Waals surface area (Å²) in [6.07, 6.45) is 0.0355. The van der Waals surface area contributed by atoms with Crippen LogP contribution in [-0.4, -0.2) is 12.5 Å². The van der Waals surface area contributed by atoms with Crippen LogP contribution in [0.3, 0.4) is 0 Å². The van der Waals surface area contributed by atoms with E-state index in [1.54, 1.807) is 0 Å². The van der Waals surface area contributed by atoms with Crippen LogP contribution in [0, 0.1) is 11.6 Å². The lowest BCUT2D eigenvalue weighted by Gasteiger charge is -2.06. The van der Waals surface area contributed by atoms with Crippen LogP contribution in [-0.2, 0) is 4.79 Å². The summed E-state index contributed by atoms with van der Waals surface area (Å²) in [6, 6.07) is 3.37. The van der Waals surface area contributed by atoms with E-state index in [0.29, 0.717) is 0 Å². The molecule has 0 saturated carbocycles. The van der Waals surface area contributed by atoms with E-state index in [4.69, 9.17) is 5.73 Å². The summed E-state index contributed by atoms with van der Waals surface area (Å²) in [5, 5.41) is 2.11. The van der Waals surface area contributed by atoms with Crippen LogP contribution in [0.5, 0.6) is 0 Å². The zero-order chi connectivity index (χ0) is 10.6. The molecule has 1 aromatic rings.